The van der Waals surface area contributed by atoms with Crippen LogP contribution in [0.3, 0.4) is 0 Å². The Hall–Kier alpha value is -1.04. The first-order chi connectivity index (χ1) is 9.69. The summed E-state index contributed by atoms with van der Waals surface area (Å²) in [5.41, 5.74) is 0. The predicted octanol–water partition coefficient (Wildman–Crippen LogP) is 2.95. The third-order valence-electron chi connectivity index (χ3n) is 4.55. The maximum Gasteiger partial charge on any atom is 0.213 e. The Bertz CT molecular complexity index is 332. The van der Waals surface area contributed by atoms with E-state index in [0.29, 0.717) is 24.9 Å². The topological polar surface area (TPSA) is 79.9 Å². The fourth-order valence-electron chi connectivity index (χ4n) is 3.26. The van der Waals surface area contributed by atoms with Gasteiger partial charge in [-0.1, -0.05) is 6.92 Å². The molecule has 0 spiro atoms. The molecule has 0 unspecified atom stereocenters. The summed E-state index contributed by atoms with van der Waals surface area (Å²) in [6, 6.07) is 0.898. The van der Waals surface area contributed by atoms with Crippen LogP contribution in [0.1, 0.15) is 58.3 Å². The Balaban J connectivity index is 1.68. The zero-order valence-electron chi connectivity index (χ0n) is 12.3. The third-order valence-corrected chi connectivity index (χ3v) is 4.55. The van der Waals surface area contributed by atoms with Gasteiger partial charge in [0, 0.05) is 23.8 Å². The number of azo groups is 1. The van der Waals surface area contributed by atoms with Crippen molar-refractivity contribution in [2.24, 2.45) is 10.2 Å². The molecule has 0 aromatic carbocycles. The van der Waals surface area contributed by atoms with Gasteiger partial charge in [-0.3, -0.25) is 10.1 Å². The van der Waals surface area contributed by atoms with Gasteiger partial charge in [0.2, 0.25) is 6.04 Å². The molecule has 114 valence electrons. The van der Waals surface area contributed by atoms with Crippen molar-refractivity contribution in [2.45, 2.75) is 82.5 Å². The summed E-state index contributed by atoms with van der Waals surface area (Å²) >= 11 is 0. The second-order valence-corrected chi connectivity index (χ2v) is 6.04. The van der Waals surface area contributed by atoms with Gasteiger partial charge in [0.15, 0.2) is 0 Å². The minimum Gasteiger partial charge on any atom is -0.314 e. The number of nitrogens with zero attached hydrogens (tertiary/aromatic N) is 3. The average Bonchev–Trinajstić information content (AvgIpc) is 2.47. The Labute approximate surface area is 120 Å². The van der Waals surface area contributed by atoms with E-state index in [0.717, 1.165) is 32.2 Å². The number of hydrogen-bond acceptors (Lipinski definition) is 5. The van der Waals surface area contributed by atoms with Crippen LogP contribution < -0.4 is 5.32 Å². The molecule has 0 atom stereocenters. The summed E-state index contributed by atoms with van der Waals surface area (Å²) in [5.74, 6) is 0. The van der Waals surface area contributed by atoms with E-state index in [4.69, 9.17) is 0 Å². The Kier molecular flexibility index (Phi) is 5.88. The lowest BCUT2D eigenvalue weighted by molar-refractivity contribution is -0.526. The molecule has 2 aliphatic rings. The molecular formula is C14H26N4O2. The number of nitro groups is 1. The monoisotopic (exact) mass is 282 g/mol. The lowest BCUT2D eigenvalue weighted by Gasteiger charge is -2.26. The number of hydrogen-bond donors (Lipinski definition) is 1. The van der Waals surface area contributed by atoms with Crippen LogP contribution in [0.2, 0.25) is 0 Å². The molecule has 20 heavy (non-hydrogen) atoms. The highest BCUT2D eigenvalue weighted by molar-refractivity contribution is 4.81. The van der Waals surface area contributed by atoms with E-state index in [-0.39, 0.29) is 17.0 Å². The molecule has 0 amide bonds. The molecule has 2 aliphatic carbocycles. The molecule has 2 rings (SSSR count). The highest BCUT2D eigenvalue weighted by atomic mass is 16.6. The maximum atomic E-state index is 10.7. The molecule has 0 aromatic rings. The molecule has 0 radical (unpaired) electrons. The van der Waals surface area contributed by atoms with Crippen LogP contribution in [0.25, 0.3) is 0 Å². The van der Waals surface area contributed by atoms with Crippen molar-refractivity contribution in [2.75, 3.05) is 6.54 Å². The molecule has 0 aliphatic heterocycles. The van der Waals surface area contributed by atoms with Gasteiger partial charge < -0.3 is 5.32 Å². The van der Waals surface area contributed by atoms with Crippen molar-refractivity contribution >= 4 is 0 Å². The normalized spacial score (nSPS) is 35.2. The summed E-state index contributed by atoms with van der Waals surface area (Å²) < 4.78 is 0. The van der Waals surface area contributed by atoms with E-state index >= 15 is 0 Å². The van der Waals surface area contributed by atoms with E-state index in [1.807, 2.05) is 0 Å². The van der Waals surface area contributed by atoms with Gasteiger partial charge in [0.05, 0.1) is 12.1 Å². The van der Waals surface area contributed by atoms with E-state index in [2.05, 4.69) is 22.5 Å². The van der Waals surface area contributed by atoms with Crippen molar-refractivity contribution in [3.05, 3.63) is 10.1 Å². The third kappa shape index (κ3) is 4.51. The largest absolute Gasteiger partial charge is 0.314 e. The number of nitrogens with one attached hydrogen (secondary N) is 1. The second kappa shape index (κ2) is 7.67. The fourth-order valence-corrected chi connectivity index (χ4v) is 3.26. The van der Waals surface area contributed by atoms with Crippen LogP contribution in [0.15, 0.2) is 10.2 Å². The van der Waals surface area contributed by atoms with Gasteiger partial charge >= 0.3 is 0 Å². The first-order valence-electron chi connectivity index (χ1n) is 7.96. The van der Waals surface area contributed by atoms with Crippen LogP contribution in [0.4, 0.5) is 0 Å². The zero-order chi connectivity index (χ0) is 14.4. The van der Waals surface area contributed by atoms with Gasteiger partial charge in [-0.25, -0.2) is 0 Å². The van der Waals surface area contributed by atoms with Crippen molar-refractivity contribution in [1.82, 2.24) is 5.32 Å². The second-order valence-electron chi connectivity index (χ2n) is 6.04. The average molecular weight is 282 g/mol. The van der Waals surface area contributed by atoms with Gasteiger partial charge in [-0.05, 0) is 45.1 Å². The summed E-state index contributed by atoms with van der Waals surface area (Å²) in [4.78, 5) is 10.6. The standard InChI is InChI=1S/C14H26N4O2/c1-2-15-11-3-5-12(6-4-11)16-17-13-7-9-14(10-8-13)18(19)20/h11-15H,2-10H2,1H3. The molecule has 6 heteroatoms. The molecule has 1 N–H and O–H groups in total. The molecule has 0 bridgehead atoms. The first-order valence-corrected chi connectivity index (χ1v) is 7.96. The summed E-state index contributed by atoms with van der Waals surface area (Å²) in [6.45, 7) is 3.18. The molecule has 6 nitrogen and oxygen atoms in total. The lowest BCUT2D eigenvalue weighted by Crippen LogP contribution is -2.34. The van der Waals surface area contributed by atoms with Gasteiger partial charge in [-0.15, -0.1) is 0 Å². The fraction of sp³-hybridized carbons (Fsp3) is 1.00. The molecule has 2 fully saturated rings. The van der Waals surface area contributed by atoms with Gasteiger partial charge in [-0.2, -0.15) is 10.2 Å². The molecule has 0 heterocycles. The quantitative estimate of drug-likeness (QED) is 0.478. The van der Waals surface area contributed by atoms with Gasteiger partial charge in [0.25, 0.3) is 0 Å². The van der Waals surface area contributed by atoms with Crippen LogP contribution >= 0.6 is 0 Å². The van der Waals surface area contributed by atoms with E-state index in [1.165, 1.54) is 12.8 Å². The molecule has 0 saturated heterocycles. The predicted molar refractivity (Wildman–Crippen MR) is 77.6 cm³/mol. The first kappa shape index (κ1) is 15.4. The van der Waals surface area contributed by atoms with Gasteiger partial charge in [0.1, 0.15) is 0 Å². The summed E-state index contributed by atoms with van der Waals surface area (Å²) in [6.07, 6.45) is 7.56. The summed E-state index contributed by atoms with van der Waals surface area (Å²) in [5, 5.41) is 23.1. The lowest BCUT2D eigenvalue weighted by atomic mass is 9.91. The van der Waals surface area contributed by atoms with Crippen molar-refractivity contribution in [3.63, 3.8) is 0 Å². The minimum absolute atomic E-state index is 0.143. The highest BCUT2D eigenvalue weighted by Crippen LogP contribution is 2.25. The SMILES string of the molecule is CCNC1CCC(N=NC2CCC([N+](=O)[O-])CC2)CC1. The molecule has 2 saturated carbocycles. The highest BCUT2D eigenvalue weighted by Gasteiger charge is 2.28. The molecule has 0 aromatic heterocycles. The smallest absolute Gasteiger partial charge is 0.213 e. The van der Waals surface area contributed by atoms with Crippen LogP contribution in [0, 0.1) is 10.1 Å². The summed E-state index contributed by atoms with van der Waals surface area (Å²) in [7, 11) is 0. The van der Waals surface area contributed by atoms with Crippen molar-refractivity contribution < 1.29 is 4.92 Å². The van der Waals surface area contributed by atoms with Crippen LogP contribution in [-0.2, 0) is 0 Å². The van der Waals surface area contributed by atoms with Crippen molar-refractivity contribution in [1.29, 1.82) is 0 Å². The van der Waals surface area contributed by atoms with Crippen LogP contribution in [-0.4, -0.2) is 35.6 Å². The minimum atomic E-state index is -0.350. The van der Waals surface area contributed by atoms with Crippen molar-refractivity contribution in [3.8, 4) is 0 Å². The van der Waals surface area contributed by atoms with E-state index in [9.17, 15) is 10.1 Å². The Morgan fingerprint density at radius 1 is 1.00 bits per heavy atom. The van der Waals surface area contributed by atoms with E-state index in [1.54, 1.807) is 0 Å². The Morgan fingerprint density at radius 3 is 1.95 bits per heavy atom. The van der Waals surface area contributed by atoms with E-state index < -0.39 is 0 Å². The molecular weight excluding hydrogens is 256 g/mol. The Morgan fingerprint density at radius 2 is 1.50 bits per heavy atom. The van der Waals surface area contributed by atoms with Crippen LogP contribution in [0.5, 0.6) is 0 Å². The number of rotatable bonds is 5. The zero-order valence-corrected chi connectivity index (χ0v) is 12.3. The maximum absolute atomic E-state index is 10.7.